The monoisotopic (exact) mass is 670 g/mol. The van der Waals surface area contributed by atoms with Crippen molar-refractivity contribution in [1.29, 1.82) is 0 Å². The molecule has 4 rings (SSSR count). The first-order valence-electron chi connectivity index (χ1n) is 10.5. The van der Waals surface area contributed by atoms with Gasteiger partial charge in [0.2, 0.25) is 5.91 Å². The zero-order valence-electron chi connectivity index (χ0n) is 18.6. The molecule has 1 saturated heterocycles. The molecule has 1 aliphatic heterocycles. The van der Waals surface area contributed by atoms with E-state index in [2.05, 4.69) is 37.2 Å². The molecule has 0 saturated carbocycles. The highest BCUT2D eigenvalue weighted by atomic mass is 79.9. The van der Waals surface area contributed by atoms with Gasteiger partial charge in [-0.25, -0.2) is 8.78 Å². The summed E-state index contributed by atoms with van der Waals surface area (Å²) in [5.41, 5.74) is 1.26. The lowest BCUT2D eigenvalue weighted by molar-refractivity contribution is -0.127. The number of halogens is 5. The Bertz CT molecular complexity index is 1410. The molecule has 3 aromatic rings. The highest BCUT2D eigenvalue weighted by Gasteiger charge is 2.36. The first-order valence-corrected chi connectivity index (χ1v) is 13.3. The average molecular weight is 673 g/mol. The summed E-state index contributed by atoms with van der Waals surface area (Å²) in [5.74, 6) is -2.70. The molecule has 1 heterocycles. The number of benzene rings is 3. The van der Waals surface area contributed by atoms with Crippen molar-refractivity contribution in [3.05, 3.63) is 96.2 Å². The van der Waals surface area contributed by atoms with Gasteiger partial charge in [-0.15, -0.1) is 0 Å². The van der Waals surface area contributed by atoms with Crippen LogP contribution in [0.1, 0.15) is 11.1 Å². The van der Waals surface area contributed by atoms with Gasteiger partial charge in [0, 0.05) is 11.1 Å². The molecule has 0 radical (unpaired) electrons. The van der Waals surface area contributed by atoms with Crippen LogP contribution in [-0.2, 0) is 16.2 Å². The molecule has 12 heteroatoms. The van der Waals surface area contributed by atoms with Gasteiger partial charge in [-0.2, -0.15) is 0 Å². The lowest BCUT2D eigenvalue weighted by Crippen LogP contribution is -2.36. The van der Waals surface area contributed by atoms with E-state index in [0.29, 0.717) is 49.7 Å². The number of carbonyl (C=O) groups is 3. The third-order valence-electron chi connectivity index (χ3n) is 5.00. The zero-order valence-corrected chi connectivity index (χ0v) is 23.3. The quantitative estimate of drug-likeness (QED) is 0.265. The number of ether oxygens (including phenoxy) is 1. The molecule has 6 nitrogen and oxygen atoms in total. The lowest BCUT2D eigenvalue weighted by atomic mass is 10.2. The van der Waals surface area contributed by atoms with E-state index in [0.717, 1.165) is 22.6 Å². The van der Waals surface area contributed by atoms with Crippen LogP contribution in [0.4, 0.5) is 19.3 Å². The molecule has 0 atom stereocenters. The van der Waals surface area contributed by atoms with Gasteiger partial charge in [-0.3, -0.25) is 19.3 Å². The molecule has 0 aromatic heterocycles. The number of anilines is 1. The Kier molecular flexibility index (Phi) is 8.68. The molecule has 3 amide bonds. The van der Waals surface area contributed by atoms with Crippen molar-refractivity contribution in [3.8, 4) is 5.75 Å². The van der Waals surface area contributed by atoms with Crippen LogP contribution in [0.15, 0.2) is 68.4 Å². The summed E-state index contributed by atoms with van der Waals surface area (Å²) in [6.07, 6.45) is 1.51. The third-order valence-corrected chi connectivity index (χ3v) is 7.33. The Morgan fingerprint density at radius 1 is 1.05 bits per heavy atom. The van der Waals surface area contributed by atoms with Crippen LogP contribution in [0, 0.1) is 11.6 Å². The highest BCUT2D eigenvalue weighted by molar-refractivity contribution is 9.11. The van der Waals surface area contributed by atoms with Crippen molar-refractivity contribution in [2.75, 3.05) is 11.9 Å². The predicted octanol–water partition coefficient (Wildman–Crippen LogP) is 7.40. The summed E-state index contributed by atoms with van der Waals surface area (Å²) in [4.78, 5) is 38.3. The minimum atomic E-state index is -0.973. The van der Waals surface area contributed by atoms with Crippen LogP contribution >= 0.6 is 55.2 Å². The Morgan fingerprint density at radius 2 is 1.73 bits per heavy atom. The predicted molar refractivity (Wildman–Crippen MR) is 145 cm³/mol. The van der Waals surface area contributed by atoms with Crippen LogP contribution in [0.3, 0.4) is 0 Å². The smallest absolute Gasteiger partial charge is 0.294 e. The third kappa shape index (κ3) is 6.78. The fourth-order valence-electron chi connectivity index (χ4n) is 3.25. The van der Waals surface area contributed by atoms with E-state index in [-0.39, 0.29) is 10.6 Å². The van der Waals surface area contributed by atoms with Crippen LogP contribution in [-0.4, -0.2) is 28.5 Å². The van der Waals surface area contributed by atoms with E-state index in [1.54, 1.807) is 24.3 Å². The molecule has 3 aromatic carbocycles. The largest absolute Gasteiger partial charge is 0.487 e. The topological polar surface area (TPSA) is 75.7 Å². The van der Waals surface area contributed by atoms with E-state index in [9.17, 15) is 23.2 Å². The van der Waals surface area contributed by atoms with E-state index in [1.165, 1.54) is 6.08 Å². The van der Waals surface area contributed by atoms with Gasteiger partial charge in [0.15, 0.2) is 0 Å². The van der Waals surface area contributed by atoms with Gasteiger partial charge in [0.1, 0.15) is 30.5 Å². The summed E-state index contributed by atoms with van der Waals surface area (Å²) >= 11 is 13.5. The fourth-order valence-corrected chi connectivity index (χ4v) is 5.66. The zero-order chi connectivity index (χ0) is 26.7. The Hall–Kier alpha value is -2.73. The molecule has 0 unspecified atom stereocenters. The number of amides is 3. The van der Waals surface area contributed by atoms with Crippen LogP contribution < -0.4 is 10.1 Å². The summed E-state index contributed by atoms with van der Waals surface area (Å²) in [5, 5.41) is 2.21. The van der Waals surface area contributed by atoms with Gasteiger partial charge < -0.3 is 10.1 Å². The van der Waals surface area contributed by atoms with Crippen LogP contribution in [0.25, 0.3) is 6.08 Å². The average Bonchev–Trinajstić information content (AvgIpc) is 3.08. The molecule has 0 bridgehead atoms. The summed E-state index contributed by atoms with van der Waals surface area (Å²) in [6, 6.07) is 13.3. The van der Waals surface area contributed by atoms with Crippen molar-refractivity contribution in [3.63, 3.8) is 0 Å². The second kappa shape index (κ2) is 11.8. The second-order valence-electron chi connectivity index (χ2n) is 7.67. The van der Waals surface area contributed by atoms with Crippen molar-refractivity contribution in [2.24, 2.45) is 0 Å². The van der Waals surface area contributed by atoms with Crippen molar-refractivity contribution in [2.45, 2.75) is 6.61 Å². The number of hydrogen-bond donors (Lipinski definition) is 1. The van der Waals surface area contributed by atoms with E-state index >= 15 is 0 Å². The van der Waals surface area contributed by atoms with Crippen LogP contribution in [0.5, 0.6) is 5.75 Å². The molecule has 190 valence electrons. The number of nitrogens with zero attached hydrogens (tertiary/aromatic N) is 1. The molecule has 0 spiro atoms. The summed E-state index contributed by atoms with van der Waals surface area (Å²) in [7, 11) is 0. The summed E-state index contributed by atoms with van der Waals surface area (Å²) < 4.78 is 34.0. The number of nitrogens with one attached hydrogen (secondary N) is 1. The van der Waals surface area contributed by atoms with E-state index in [1.807, 2.05) is 12.1 Å². The van der Waals surface area contributed by atoms with Crippen LogP contribution in [0.2, 0.25) is 5.02 Å². The fraction of sp³-hybridized carbons (Fsp3) is 0.0800. The maximum absolute atomic E-state index is 13.8. The molecular formula is C25H15Br2ClF2N2O4S. The molecule has 0 aliphatic carbocycles. The number of imide groups is 1. The highest BCUT2D eigenvalue weighted by Crippen LogP contribution is 2.38. The van der Waals surface area contributed by atoms with Crippen molar-refractivity contribution in [1.82, 2.24) is 4.90 Å². The number of thioether (sulfide) groups is 1. The lowest BCUT2D eigenvalue weighted by Gasteiger charge is -2.13. The SMILES string of the molecule is O=C(CN1C(=O)S/C(=C/c2cc(Br)c(OCc3ccc(Cl)cc3)c(Br)c2)C1=O)Nc1ccc(F)cc1F. The molecular weight excluding hydrogens is 658 g/mol. The molecule has 1 aliphatic rings. The standard InChI is InChI=1S/C25H15Br2ClF2N2O4S/c26-17-7-14(8-18(27)23(17)36-12-13-1-3-15(28)4-2-13)9-21-24(34)32(25(35)37-21)11-22(33)31-20-6-5-16(29)10-19(20)30/h1-10H,11-12H2,(H,31,33)/b21-9+. The molecule has 1 N–H and O–H groups in total. The first kappa shape index (κ1) is 27.3. The number of rotatable bonds is 7. The van der Waals surface area contributed by atoms with Gasteiger partial charge >= 0.3 is 0 Å². The molecule has 37 heavy (non-hydrogen) atoms. The molecule has 1 fully saturated rings. The Balaban J connectivity index is 1.43. The van der Waals surface area contributed by atoms with E-state index in [4.69, 9.17) is 16.3 Å². The van der Waals surface area contributed by atoms with Crippen molar-refractivity contribution < 1.29 is 27.9 Å². The van der Waals surface area contributed by atoms with Gasteiger partial charge in [0.25, 0.3) is 11.1 Å². The Labute approximate surface area is 236 Å². The maximum Gasteiger partial charge on any atom is 0.294 e. The van der Waals surface area contributed by atoms with Gasteiger partial charge in [-0.1, -0.05) is 23.7 Å². The van der Waals surface area contributed by atoms with Gasteiger partial charge in [-0.05, 0) is 97.2 Å². The van der Waals surface area contributed by atoms with E-state index < -0.39 is 35.2 Å². The minimum Gasteiger partial charge on any atom is -0.487 e. The maximum atomic E-state index is 13.8. The Morgan fingerprint density at radius 3 is 2.38 bits per heavy atom. The van der Waals surface area contributed by atoms with Gasteiger partial charge in [0.05, 0.1) is 19.5 Å². The van der Waals surface area contributed by atoms with Crippen molar-refractivity contribution >= 4 is 84.0 Å². The second-order valence-corrected chi connectivity index (χ2v) is 10.8. The summed E-state index contributed by atoms with van der Waals surface area (Å²) in [6.45, 7) is -0.319. The number of hydrogen-bond acceptors (Lipinski definition) is 5. The number of carbonyl (C=O) groups excluding carboxylic acids is 3. The minimum absolute atomic E-state index is 0.111. The normalized spacial score (nSPS) is 14.4. The first-order chi connectivity index (χ1) is 17.6.